The van der Waals surface area contributed by atoms with E-state index in [-0.39, 0.29) is 5.91 Å². The number of rotatable bonds is 7. The summed E-state index contributed by atoms with van der Waals surface area (Å²) in [5, 5.41) is 6.65. The Labute approximate surface area is 160 Å². The first-order valence-electron chi connectivity index (χ1n) is 8.93. The van der Waals surface area contributed by atoms with Gasteiger partial charge in [0.05, 0.1) is 13.1 Å². The van der Waals surface area contributed by atoms with Gasteiger partial charge < -0.3 is 15.5 Å². The lowest BCUT2D eigenvalue weighted by Gasteiger charge is -2.11. The van der Waals surface area contributed by atoms with Crippen molar-refractivity contribution in [2.24, 2.45) is 4.99 Å². The molecule has 0 radical (unpaired) electrons. The topological polar surface area (TPSA) is 56.7 Å². The maximum Gasteiger partial charge on any atom is 0.253 e. The number of amides is 1. The maximum atomic E-state index is 11.9. The van der Waals surface area contributed by atoms with E-state index in [1.54, 1.807) is 19.0 Å². The second-order valence-electron chi connectivity index (χ2n) is 6.17. The Bertz CT molecular complexity index is 735. The summed E-state index contributed by atoms with van der Waals surface area (Å²) in [6.45, 7) is 6.38. The van der Waals surface area contributed by atoms with Crippen molar-refractivity contribution in [3.8, 4) is 0 Å². The van der Waals surface area contributed by atoms with E-state index in [4.69, 9.17) is 0 Å². The van der Waals surface area contributed by atoms with E-state index in [1.807, 2.05) is 35.6 Å². The van der Waals surface area contributed by atoms with Crippen molar-refractivity contribution < 1.29 is 4.79 Å². The molecule has 0 unspecified atom stereocenters. The highest BCUT2D eigenvalue weighted by Crippen LogP contribution is 2.16. The van der Waals surface area contributed by atoms with Gasteiger partial charge >= 0.3 is 0 Å². The number of nitrogens with one attached hydrogen (secondary N) is 2. The molecule has 2 aromatic rings. The van der Waals surface area contributed by atoms with E-state index < -0.39 is 0 Å². The number of hydrogen-bond donors (Lipinski definition) is 2. The molecule has 6 heteroatoms. The van der Waals surface area contributed by atoms with E-state index in [0.29, 0.717) is 12.1 Å². The van der Waals surface area contributed by atoms with Crippen LogP contribution in [0.3, 0.4) is 0 Å². The molecule has 1 amide bonds. The van der Waals surface area contributed by atoms with Gasteiger partial charge in [0.15, 0.2) is 5.96 Å². The van der Waals surface area contributed by atoms with Gasteiger partial charge in [0.2, 0.25) is 0 Å². The highest BCUT2D eigenvalue weighted by molar-refractivity contribution is 7.11. The average Bonchev–Trinajstić information content (AvgIpc) is 3.12. The lowest BCUT2D eigenvalue weighted by Crippen LogP contribution is -2.36. The lowest BCUT2D eigenvalue weighted by molar-refractivity contribution is 0.0827. The van der Waals surface area contributed by atoms with Crippen LogP contribution >= 0.6 is 11.3 Å². The minimum absolute atomic E-state index is 0.0115. The number of benzene rings is 1. The van der Waals surface area contributed by atoms with Crippen molar-refractivity contribution in [3.63, 3.8) is 0 Å². The number of aryl methyl sites for hydroxylation is 1. The highest BCUT2D eigenvalue weighted by Gasteiger charge is 2.07. The summed E-state index contributed by atoms with van der Waals surface area (Å²) in [7, 11) is 3.51. The zero-order valence-corrected chi connectivity index (χ0v) is 16.8. The van der Waals surface area contributed by atoms with Gasteiger partial charge in [0.25, 0.3) is 5.91 Å². The Hall–Kier alpha value is -2.34. The van der Waals surface area contributed by atoms with E-state index in [1.165, 1.54) is 9.75 Å². The lowest BCUT2D eigenvalue weighted by atomic mass is 10.1. The summed E-state index contributed by atoms with van der Waals surface area (Å²) in [6.07, 6.45) is 1.07. The SMILES string of the molecule is CCNC(=NCc1ccc(C(=O)N(C)C)cc1)NCc1ccc(CC)s1. The Morgan fingerprint density at radius 2 is 1.73 bits per heavy atom. The molecule has 1 aromatic heterocycles. The third-order valence-corrected chi connectivity index (χ3v) is 5.10. The van der Waals surface area contributed by atoms with Gasteiger partial charge in [-0.15, -0.1) is 11.3 Å². The Balaban J connectivity index is 1.96. The molecule has 0 fully saturated rings. The van der Waals surface area contributed by atoms with Crippen molar-refractivity contribution >= 4 is 23.2 Å². The third kappa shape index (κ3) is 5.88. The number of aliphatic imine (C=N–C) groups is 1. The molecule has 0 saturated heterocycles. The van der Waals surface area contributed by atoms with Gasteiger partial charge in [-0.25, -0.2) is 4.99 Å². The molecule has 0 atom stereocenters. The first-order chi connectivity index (χ1) is 12.5. The second-order valence-corrected chi connectivity index (χ2v) is 7.42. The molecule has 1 heterocycles. The molecule has 0 aliphatic carbocycles. The molecule has 26 heavy (non-hydrogen) atoms. The smallest absolute Gasteiger partial charge is 0.253 e. The summed E-state index contributed by atoms with van der Waals surface area (Å²) in [4.78, 5) is 20.9. The summed E-state index contributed by atoms with van der Waals surface area (Å²) in [5.41, 5.74) is 1.76. The Morgan fingerprint density at radius 1 is 1.04 bits per heavy atom. The van der Waals surface area contributed by atoms with Gasteiger partial charge in [-0.05, 0) is 43.2 Å². The second kappa shape index (κ2) is 9.97. The van der Waals surface area contributed by atoms with Crippen molar-refractivity contribution in [2.45, 2.75) is 33.4 Å². The molecule has 0 aliphatic heterocycles. The number of carbonyl (C=O) groups excluding carboxylic acids is 1. The van der Waals surface area contributed by atoms with Crippen LogP contribution in [-0.4, -0.2) is 37.4 Å². The maximum absolute atomic E-state index is 11.9. The fourth-order valence-corrected chi connectivity index (χ4v) is 3.30. The highest BCUT2D eigenvalue weighted by atomic mass is 32.1. The predicted octanol–water partition coefficient (Wildman–Crippen LogP) is 3.27. The summed E-state index contributed by atoms with van der Waals surface area (Å²) >= 11 is 1.83. The fourth-order valence-electron chi connectivity index (χ4n) is 2.40. The van der Waals surface area contributed by atoms with Gasteiger partial charge in [-0.3, -0.25) is 4.79 Å². The zero-order valence-electron chi connectivity index (χ0n) is 16.0. The van der Waals surface area contributed by atoms with E-state index in [2.05, 4.69) is 41.6 Å². The van der Waals surface area contributed by atoms with Crippen molar-refractivity contribution in [3.05, 3.63) is 57.3 Å². The number of hydrogen-bond acceptors (Lipinski definition) is 3. The van der Waals surface area contributed by atoms with E-state index in [0.717, 1.165) is 31.0 Å². The first kappa shape index (κ1) is 20.0. The summed E-state index contributed by atoms with van der Waals surface area (Å²) in [5.74, 6) is 0.810. The minimum Gasteiger partial charge on any atom is -0.357 e. The number of guanidine groups is 1. The van der Waals surface area contributed by atoms with Crippen molar-refractivity contribution in [2.75, 3.05) is 20.6 Å². The molecular weight excluding hydrogens is 344 g/mol. The molecule has 140 valence electrons. The van der Waals surface area contributed by atoms with Crippen LogP contribution in [-0.2, 0) is 19.5 Å². The van der Waals surface area contributed by atoms with Gasteiger partial charge in [0, 0.05) is 36.0 Å². The van der Waals surface area contributed by atoms with Crippen molar-refractivity contribution in [1.82, 2.24) is 15.5 Å². The molecule has 1 aromatic carbocycles. The number of carbonyl (C=O) groups is 1. The number of thiophene rings is 1. The molecule has 2 N–H and O–H groups in total. The van der Waals surface area contributed by atoms with Crippen LogP contribution in [0.5, 0.6) is 0 Å². The monoisotopic (exact) mass is 372 g/mol. The molecule has 0 spiro atoms. The van der Waals surface area contributed by atoms with Crippen LogP contribution in [0.2, 0.25) is 0 Å². The van der Waals surface area contributed by atoms with Crippen LogP contribution in [0.25, 0.3) is 0 Å². The largest absolute Gasteiger partial charge is 0.357 e. The summed E-state index contributed by atoms with van der Waals surface area (Å²) in [6, 6.07) is 12.0. The summed E-state index contributed by atoms with van der Waals surface area (Å²) < 4.78 is 0. The van der Waals surface area contributed by atoms with Gasteiger partial charge in [0.1, 0.15) is 0 Å². The Kier molecular flexibility index (Phi) is 7.66. The van der Waals surface area contributed by atoms with Crippen LogP contribution in [0.15, 0.2) is 41.4 Å². The van der Waals surface area contributed by atoms with Crippen LogP contribution in [0.4, 0.5) is 0 Å². The van der Waals surface area contributed by atoms with E-state index in [9.17, 15) is 4.79 Å². The molecular formula is C20H28N4OS. The minimum atomic E-state index is 0.0115. The van der Waals surface area contributed by atoms with Crippen LogP contribution < -0.4 is 10.6 Å². The average molecular weight is 373 g/mol. The molecule has 0 saturated carbocycles. The van der Waals surface area contributed by atoms with Gasteiger partial charge in [-0.1, -0.05) is 19.1 Å². The zero-order chi connectivity index (χ0) is 18.9. The standard InChI is InChI=1S/C20H28N4OS/c1-5-17-11-12-18(26-17)14-23-20(21-6-2)22-13-15-7-9-16(10-8-15)19(25)24(3)4/h7-12H,5-6,13-14H2,1-4H3,(H2,21,22,23). The molecule has 5 nitrogen and oxygen atoms in total. The first-order valence-corrected chi connectivity index (χ1v) is 9.75. The molecule has 0 bridgehead atoms. The van der Waals surface area contributed by atoms with Crippen molar-refractivity contribution in [1.29, 1.82) is 0 Å². The fraction of sp³-hybridized carbons (Fsp3) is 0.400. The molecule has 0 aliphatic rings. The van der Waals surface area contributed by atoms with E-state index >= 15 is 0 Å². The quantitative estimate of drug-likeness (QED) is 0.579. The normalized spacial score (nSPS) is 11.3. The van der Waals surface area contributed by atoms with Gasteiger partial charge in [-0.2, -0.15) is 0 Å². The third-order valence-electron chi connectivity index (χ3n) is 3.87. The van der Waals surface area contributed by atoms with Crippen LogP contribution in [0.1, 0.15) is 39.5 Å². The molecule has 2 rings (SSSR count). The number of nitrogens with zero attached hydrogens (tertiary/aromatic N) is 2. The van der Waals surface area contributed by atoms with Crippen LogP contribution in [0, 0.1) is 0 Å². The predicted molar refractivity (Wildman–Crippen MR) is 110 cm³/mol. The Morgan fingerprint density at radius 3 is 2.31 bits per heavy atom.